The number of aromatic amines is 2. The van der Waals surface area contributed by atoms with E-state index >= 15 is 0 Å². The Kier molecular flexibility index (Phi) is 11.3. The van der Waals surface area contributed by atoms with Gasteiger partial charge >= 0.3 is 30.4 Å². The maximum Gasteiger partial charge on any atom is 0.358 e. The Morgan fingerprint density at radius 3 is 0.735 bits per heavy atom. The molecular weight excluding hydrogens is 956 g/mol. The molecule has 0 saturated carbocycles. The molecule has 0 radical (unpaired) electrons. The van der Waals surface area contributed by atoms with Crippen LogP contribution in [0.3, 0.4) is 0 Å². The minimum atomic E-state index is -4.96. The molecule has 18 N–H and O–H groups in total. The summed E-state index contributed by atoms with van der Waals surface area (Å²) in [5, 5.41) is -1.88. The van der Waals surface area contributed by atoms with Gasteiger partial charge in [0.1, 0.15) is 0 Å². The Balaban J connectivity index is 1.53. The summed E-state index contributed by atoms with van der Waals surface area (Å²) >= 11 is 0. The Hall–Kier alpha value is -6.72. The number of nitrogens with two attached hydrogens (primary N) is 4. The van der Waals surface area contributed by atoms with Crippen LogP contribution in [0.15, 0.2) is 97.1 Å². The number of aromatic nitrogens is 4. The molecule has 0 atom stereocenters. The van der Waals surface area contributed by atoms with Gasteiger partial charge in [-0.25, -0.2) is 9.97 Å². The first kappa shape index (κ1) is 46.4. The molecule has 2 aliphatic heterocycles. The van der Waals surface area contributed by atoms with Crippen LogP contribution in [0.5, 0.6) is 0 Å². The number of hydrogen-bond donors (Lipinski definition) is 14. The molecule has 3 aromatic heterocycles. The van der Waals surface area contributed by atoms with E-state index in [0.29, 0.717) is 0 Å². The number of nitrogens with one attached hydrogen (secondary N) is 2. The first-order valence-corrected chi connectivity index (χ1v) is 26.3. The summed E-state index contributed by atoms with van der Waals surface area (Å²) < 4.78 is 50.9. The fourth-order valence-corrected chi connectivity index (χ4v) is 11.3. The molecule has 0 fully saturated rings. The number of anilines is 4. The molecule has 4 aromatic carbocycles. The van der Waals surface area contributed by atoms with E-state index in [0.717, 1.165) is 0 Å². The molecule has 24 heteroatoms. The van der Waals surface area contributed by atoms with Crippen molar-refractivity contribution in [2.45, 2.75) is 0 Å². The van der Waals surface area contributed by atoms with Gasteiger partial charge in [0.05, 0.1) is 66.7 Å². The zero-order chi connectivity index (χ0) is 48.8. The van der Waals surface area contributed by atoms with Crippen LogP contribution in [0.1, 0.15) is 22.8 Å². The van der Waals surface area contributed by atoms with Crippen LogP contribution in [0.2, 0.25) is 0 Å². The molecule has 68 heavy (non-hydrogen) atoms. The standard InChI is InChI=1S/C44H38N8O12P4/c45-41-21(5-1-9-33(41)65(53,54)55)37-25-13-15-27(49-25)38(22-6-2-10-34(42(22)46)66(56,57)58)29-17-19-31(51-29)40(24-8-4-12-36(44(24)48)68(62,63)64)32-20-18-30(52-32)39(28-16-14-26(37)50-28)23-7-3-11-35(43(23)47)67(59,60)61/h1-20,49,52H,45-48H2,(H2,53,54,55)(H2,56,57,58)(H2,59,60,61)(H2,62,63,64). The minimum absolute atomic E-state index is 0.129. The number of fused-ring (bicyclic) bond motifs is 8. The fraction of sp³-hybridized carbons (Fsp3) is 0. The third-order valence-electron chi connectivity index (χ3n) is 11.4. The number of H-pyrrole nitrogens is 2. The van der Waals surface area contributed by atoms with Crippen molar-refractivity contribution in [3.63, 3.8) is 0 Å². The van der Waals surface area contributed by atoms with Crippen molar-refractivity contribution in [3.05, 3.63) is 120 Å². The molecule has 346 valence electrons. The third kappa shape index (κ3) is 8.14. The Labute approximate surface area is 384 Å². The number of rotatable bonds is 8. The van der Waals surface area contributed by atoms with Gasteiger partial charge in [-0.1, -0.05) is 48.5 Å². The summed E-state index contributed by atoms with van der Waals surface area (Å²) in [5.74, 6) is 0. The van der Waals surface area contributed by atoms with Gasteiger partial charge in [-0.3, -0.25) is 18.3 Å². The predicted molar refractivity (Wildman–Crippen MR) is 265 cm³/mol. The third-order valence-corrected chi connectivity index (χ3v) is 15.5. The highest BCUT2D eigenvalue weighted by Gasteiger charge is 2.30. The molecule has 0 saturated heterocycles. The molecule has 7 aromatic rings. The molecular formula is C44H38N8O12P4. The van der Waals surface area contributed by atoms with E-state index in [2.05, 4.69) is 9.97 Å². The average Bonchev–Trinajstić information content (AvgIpc) is 4.09. The van der Waals surface area contributed by atoms with Crippen molar-refractivity contribution in [3.8, 4) is 44.5 Å². The molecule has 2 aliphatic rings. The second kappa shape index (κ2) is 16.5. The lowest BCUT2D eigenvalue weighted by molar-refractivity contribution is 0.385. The van der Waals surface area contributed by atoms with Crippen molar-refractivity contribution < 1.29 is 57.4 Å². The lowest BCUT2D eigenvalue weighted by Crippen LogP contribution is -2.12. The zero-order valence-electron chi connectivity index (χ0n) is 34.8. The van der Waals surface area contributed by atoms with Crippen LogP contribution < -0.4 is 44.2 Å². The summed E-state index contributed by atoms with van der Waals surface area (Å²) in [5.41, 5.74) is 28.4. The predicted octanol–water partition coefficient (Wildman–Crippen LogP) is 4.86. The highest BCUT2D eigenvalue weighted by atomic mass is 31.2. The SMILES string of the molecule is Nc1c(-c2c3nc(c(-c4cccc(P(=O)(O)O)c4N)c4ccc([nH]4)c(-c4cccc(P(=O)(O)O)c4N)c4nc(c(-c5cccc(P(=O)(O)O)c5N)c5ccc2[nH]5)C=C4)C=C3)cccc1P(=O)(O)O. The monoisotopic (exact) mass is 994 g/mol. The number of benzene rings is 4. The van der Waals surface area contributed by atoms with Crippen molar-refractivity contribution in [1.29, 1.82) is 0 Å². The number of para-hydroxylation sites is 4. The van der Waals surface area contributed by atoms with Gasteiger partial charge in [0.25, 0.3) is 0 Å². The van der Waals surface area contributed by atoms with E-state index in [9.17, 15) is 57.4 Å². The highest BCUT2D eigenvalue weighted by molar-refractivity contribution is 7.61. The molecule has 0 unspecified atom stereocenters. The minimum Gasteiger partial charge on any atom is -0.397 e. The van der Waals surface area contributed by atoms with Crippen LogP contribution in [-0.4, -0.2) is 59.1 Å². The summed E-state index contributed by atoms with van der Waals surface area (Å²) in [6, 6.07) is 23.0. The first-order valence-electron chi connectivity index (χ1n) is 19.9. The molecule has 5 heterocycles. The van der Waals surface area contributed by atoms with Crippen molar-refractivity contribution in [2.24, 2.45) is 0 Å². The van der Waals surface area contributed by atoms with E-state index in [1.807, 2.05) is 0 Å². The van der Waals surface area contributed by atoms with E-state index in [-0.39, 0.29) is 112 Å². The normalized spacial score (nSPS) is 13.1. The largest absolute Gasteiger partial charge is 0.397 e. The summed E-state index contributed by atoms with van der Waals surface area (Å²) in [6.07, 6.45) is 6.34. The molecule has 0 amide bonds. The molecule has 9 rings (SSSR count). The smallest absolute Gasteiger partial charge is 0.358 e. The highest BCUT2D eigenvalue weighted by Crippen LogP contribution is 2.47. The average molecular weight is 995 g/mol. The van der Waals surface area contributed by atoms with E-state index in [1.54, 1.807) is 48.6 Å². The summed E-state index contributed by atoms with van der Waals surface area (Å²) in [6.45, 7) is 0. The molecule has 20 nitrogen and oxygen atoms in total. The van der Waals surface area contributed by atoms with Gasteiger partial charge in [-0.2, -0.15) is 0 Å². The van der Waals surface area contributed by atoms with Crippen molar-refractivity contribution in [1.82, 2.24) is 19.9 Å². The summed E-state index contributed by atoms with van der Waals surface area (Å²) in [4.78, 5) is 99.3. The number of nitrogens with zero attached hydrogens (tertiary/aromatic N) is 2. The van der Waals surface area contributed by atoms with Crippen LogP contribution in [0.4, 0.5) is 22.7 Å². The lowest BCUT2D eigenvalue weighted by atomic mass is 10.0. The Morgan fingerprint density at radius 1 is 0.338 bits per heavy atom. The quantitative estimate of drug-likeness (QED) is 0.0713. The van der Waals surface area contributed by atoms with Crippen molar-refractivity contribution in [2.75, 3.05) is 22.9 Å². The Bertz CT molecular complexity index is 3290. The maximum atomic E-state index is 12.7. The first-order chi connectivity index (χ1) is 31.9. The van der Waals surface area contributed by atoms with Gasteiger partial charge < -0.3 is 72.0 Å². The van der Waals surface area contributed by atoms with Gasteiger partial charge in [-0.05, 0) is 72.8 Å². The zero-order valence-corrected chi connectivity index (χ0v) is 38.3. The van der Waals surface area contributed by atoms with E-state index < -0.39 is 51.6 Å². The second-order valence-corrected chi connectivity index (χ2v) is 21.9. The van der Waals surface area contributed by atoms with Crippen molar-refractivity contribution >= 4 is 121 Å². The molecule has 0 spiro atoms. The fourth-order valence-electron chi connectivity index (χ4n) is 8.44. The number of nitrogen functional groups attached to an aromatic ring is 4. The molecule has 8 bridgehead atoms. The van der Waals surface area contributed by atoms with Crippen LogP contribution in [0.25, 0.3) is 90.9 Å². The number of hydrogen-bond acceptors (Lipinski definition) is 10. The van der Waals surface area contributed by atoms with Crippen LogP contribution in [-0.2, 0) is 18.3 Å². The topological polar surface area (TPSA) is 392 Å². The van der Waals surface area contributed by atoms with Gasteiger partial charge in [0.15, 0.2) is 0 Å². The van der Waals surface area contributed by atoms with Gasteiger partial charge in [-0.15, -0.1) is 0 Å². The van der Waals surface area contributed by atoms with Crippen LogP contribution in [0, 0.1) is 0 Å². The molecule has 0 aliphatic carbocycles. The second-order valence-electron chi connectivity index (χ2n) is 15.6. The lowest BCUT2D eigenvalue weighted by Gasteiger charge is -2.14. The van der Waals surface area contributed by atoms with E-state index in [4.69, 9.17) is 32.9 Å². The van der Waals surface area contributed by atoms with Gasteiger partial charge in [0, 0.05) is 66.6 Å². The van der Waals surface area contributed by atoms with Crippen LogP contribution >= 0.6 is 30.4 Å². The Morgan fingerprint density at radius 2 is 0.544 bits per heavy atom. The maximum absolute atomic E-state index is 12.7. The van der Waals surface area contributed by atoms with Gasteiger partial charge in [0.2, 0.25) is 0 Å². The summed E-state index contributed by atoms with van der Waals surface area (Å²) in [7, 11) is -19.8. The van der Waals surface area contributed by atoms with E-state index in [1.165, 1.54) is 72.8 Å².